The smallest absolute Gasteiger partial charge is 0.0453 e. The van der Waals surface area contributed by atoms with Gasteiger partial charge >= 0.3 is 0 Å². The number of aryl methyl sites for hydroxylation is 1. The van der Waals surface area contributed by atoms with Gasteiger partial charge in [-0.25, -0.2) is 0 Å². The first-order chi connectivity index (χ1) is 11.2. The predicted octanol–water partition coefficient (Wildman–Crippen LogP) is 2.38. The molecular weight excluding hydrogens is 284 g/mol. The van der Waals surface area contributed by atoms with E-state index < -0.39 is 0 Å². The fourth-order valence-electron chi connectivity index (χ4n) is 3.20. The van der Waals surface area contributed by atoms with Gasteiger partial charge in [0.05, 0.1) is 0 Å². The maximum absolute atomic E-state index is 3.41. The highest BCUT2D eigenvalue weighted by Gasteiger charge is 2.10. The minimum atomic E-state index is 1.13. The van der Waals surface area contributed by atoms with Crippen molar-refractivity contribution >= 4 is 5.69 Å². The van der Waals surface area contributed by atoms with Crippen molar-refractivity contribution in [3.05, 3.63) is 48.3 Å². The highest BCUT2D eigenvalue weighted by Crippen LogP contribution is 2.18. The van der Waals surface area contributed by atoms with Gasteiger partial charge in [-0.3, -0.25) is 0 Å². The molecule has 0 saturated carbocycles. The average Bonchev–Trinajstić information content (AvgIpc) is 3.04. The Morgan fingerprint density at radius 3 is 2.48 bits per heavy atom. The molecule has 1 aliphatic rings. The van der Waals surface area contributed by atoms with Crippen molar-refractivity contribution in [3.63, 3.8) is 0 Å². The number of anilines is 1. The molecule has 1 fully saturated rings. The first kappa shape index (κ1) is 16.1. The summed E-state index contributed by atoms with van der Waals surface area (Å²) in [6.45, 7) is 5.84. The number of benzene rings is 1. The lowest BCUT2D eigenvalue weighted by atomic mass is 10.2. The predicted molar refractivity (Wildman–Crippen MR) is 97.7 cm³/mol. The van der Waals surface area contributed by atoms with Crippen LogP contribution >= 0.6 is 0 Å². The van der Waals surface area contributed by atoms with E-state index in [2.05, 4.69) is 76.4 Å². The highest BCUT2D eigenvalue weighted by molar-refractivity contribution is 5.50. The summed E-state index contributed by atoms with van der Waals surface area (Å²) in [5.41, 5.74) is 3.89. The quantitative estimate of drug-likeness (QED) is 0.886. The minimum absolute atomic E-state index is 1.13. The summed E-state index contributed by atoms with van der Waals surface area (Å²) in [6.07, 6.45) is 4.52. The van der Waals surface area contributed by atoms with E-state index in [0.29, 0.717) is 0 Å². The first-order valence-corrected chi connectivity index (χ1v) is 8.61. The van der Waals surface area contributed by atoms with Crippen LogP contribution in [0, 0.1) is 0 Å². The summed E-state index contributed by atoms with van der Waals surface area (Å²) >= 11 is 0. The fourth-order valence-corrected chi connectivity index (χ4v) is 3.20. The Kier molecular flexibility index (Phi) is 5.36. The SMILES string of the molecule is CN(C)c1ccc(-n2cccc2CCCN2CCNCC2)cc1. The molecule has 1 aromatic heterocycles. The third-order valence-corrected chi connectivity index (χ3v) is 4.59. The van der Waals surface area contributed by atoms with Gasteiger partial charge in [-0.05, 0) is 55.8 Å². The summed E-state index contributed by atoms with van der Waals surface area (Å²) in [5.74, 6) is 0. The van der Waals surface area contributed by atoms with Crippen LogP contribution in [0.15, 0.2) is 42.6 Å². The summed E-state index contributed by atoms with van der Waals surface area (Å²) < 4.78 is 2.32. The lowest BCUT2D eigenvalue weighted by Crippen LogP contribution is -2.43. The third kappa shape index (κ3) is 4.15. The van der Waals surface area contributed by atoms with Crippen molar-refractivity contribution in [2.24, 2.45) is 0 Å². The number of aromatic nitrogens is 1. The normalized spacial score (nSPS) is 15.7. The molecule has 0 radical (unpaired) electrons. The van der Waals surface area contributed by atoms with Crippen LogP contribution in [-0.2, 0) is 6.42 Å². The van der Waals surface area contributed by atoms with Crippen LogP contribution in [-0.4, -0.2) is 56.3 Å². The Morgan fingerprint density at radius 1 is 1.04 bits per heavy atom. The van der Waals surface area contributed by atoms with Crippen molar-refractivity contribution in [2.75, 3.05) is 51.7 Å². The van der Waals surface area contributed by atoms with Crippen LogP contribution < -0.4 is 10.2 Å². The number of hydrogen-bond donors (Lipinski definition) is 1. The van der Waals surface area contributed by atoms with Crippen LogP contribution in [0.5, 0.6) is 0 Å². The van der Waals surface area contributed by atoms with Gasteiger partial charge in [0.15, 0.2) is 0 Å². The Hall–Kier alpha value is -1.78. The summed E-state index contributed by atoms with van der Waals surface area (Å²) in [6, 6.07) is 13.2. The van der Waals surface area contributed by atoms with Gasteiger partial charge in [0.1, 0.15) is 0 Å². The molecule has 1 saturated heterocycles. The second-order valence-corrected chi connectivity index (χ2v) is 6.48. The summed E-state index contributed by atoms with van der Waals surface area (Å²) in [7, 11) is 4.15. The molecule has 2 heterocycles. The molecular formula is C19H28N4. The van der Waals surface area contributed by atoms with Gasteiger partial charge in [0.25, 0.3) is 0 Å². The zero-order valence-corrected chi connectivity index (χ0v) is 14.3. The standard InChI is InChI=1S/C19H28N4/c1-21(2)17-7-9-19(10-8-17)23-14-4-6-18(23)5-3-13-22-15-11-20-12-16-22/h4,6-10,14,20H,3,5,11-13,15-16H2,1-2H3. The van der Waals surface area contributed by atoms with Crippen molar-refractivity contribution in [1.29, 1.82) is 0 Å². The van der Waals surface area contributed by atoms with Gasteiger partial charge in [-0.1, -0.05) is 0 Å². The van der Waals surface area contributed by atoms with E-state index in [4.69, 9.17) is 0 Å². The molecule has 0 amide bonds. The van der Waals surface area contributed by atoms with Gasteiger partial charge in [0.2, 0.25) is 0 Å². The summed E-state index contributed by atoms with van der Waals surface area (Å²) in [5, 5.41) is 3.41. The zero-order valence-electron chi connectivity index (χ0n) is 14.3. The van der Waals surface area contributed by atoms with Crippen molar-refractivity contribution in [2.45, 2.75) is 12.8 Å². The van der Waals surface area contributed by atoms with Crippen LogP contribution in [0.4, 0.5) is 5.69 Å². The van der Waals surface area contributed by atoms with E-state index in [1.807, 2.05) is 0 Å². The van der Waals surface area contributed by atoms with Crippen LogP contribution in [0.2, 0.25) is 0 Å². The second kappa shape index (κ2) is 7.66. The molecule has 1 aromatic carbocycles. The zero-order chi connectivity index (χ0) is 16.1. The van der Waals surface area contributed by atoms with Crippen molar-refractivity contribution in [1.82, 2.24) is 14.8 Å². The van der Waals surface area contributed by atoms with E-state index in [9.17, 15) is 0 Å². The molecule has 0 aliphatic carbocycles. The first-order valence-electron chi connectivity index (χ1n) is 8.61. The number of rotatable bonds is 6. The molecule has 3 rings (SSSR count). The second-order valence-electron chi connectivity index (χ2n) is 6.48. The number of hydrogen-bond acceptors (Lipinski definition) is 3. The topological polar surface area (TPSA) is 23.4 Å². The molecule has 1 aliphatic heterocycles. The Morgan fingerprint density at radius 2 is 1.78 bits per heavy atom. The van der Waals surface area contributed by atoms with Gasteiger partial charge in [-0.2, -0.15) is 0 Å². The molecule has 2 aromatic rings. The van der Waals surface area contributed by atoms with Crippen LogP contribution in [0.1, 0.15) is 12.1 Å². The van der Waals surface area contributed by atoms with E-state index in [1.165, 1.54) is 43.1 Å². The molecule has 1 N–H and O–H groups in total. The molecule has 4 heteroatoms. The van der Waals surface area contributed by atoms with Crippen LogP contribution in [0.3, 0.4) is 0 Å². The minimum Gasteiger partial charge on any atom is -0.378 e. The molecule has 23 heavy (non-hydrogen) atoms. The summed E-state index contributed by atoms with van der Waals surface area (Å²) in [4.78, 5) is 4.70. The van der Waals surface area contributed by atoms with Crippen molar-refractivity contribution in [3.8, 4) is 5.69 Å². The Balaban J connectivity index is 1.60. The van der Waals surface area contributed by atoms with E-state index >= 15 is 0 Å². The van der Waals surface area contributed by atoms with Crippen LogP contribution in [0.25, 0.3) is 5.69 Å². The Labute approximate surface area is 139 Å². The maximum Gasteiger partial charge on any atom is 0.0453 e. The lowest BCUT2D eigenvalue weighted by Gasteiger charge is -2.27. The van der Waals surface area contributed by atoms with Gasteiger partial charge in [0, 0.05) is 63.5 Å². The molecule has 4 nitrogen and oxygen atoms in total. The molecule has 0 spiro atoms. The van der Waals surface area contributed by atoms with E-state index in [-0.39, 0.29) is 0 Å². The molecule has 0 unspecified atom stereocenters. The third-order valence-electron chi connectivity index (χ3n) is 4.59. The monoisotopic (exact) mass is 312 g/mol. The molecule has 0 atom stereocenters. The largest absolute Gasteiger partial charge is 0.378 e. The maximum atomic E-state index is 3.41. The molecule has 0 bridgehead atoms. The number of nitrogens with one attached hydrogen (secondary N) is 1. The average molecular weight is 312 g/mol. The molecule has 124 valence electrons. The number of piperazine rings is 1. The lowest BCUT2D eigenvalue weighted by molar-refractivity contribution is 0.238. The van der Waals surface area contributed by atoms with E-state index in [0.717, 1.165) is 19.5 Å². The fraction of sp³-hybridized carbons (Fsp3) is 0.474. The van der Waals surface area contributed by atoms with Gasteiger partial charge in [-0.15, -0.1) is 0 Å². The Bertz CT molecular complexity index is 594. The highest BCUT2D eigenvalue weighted by atomic mass is 15.2. The van der Waals surface area contributed by atoms with E-state index in [1.54, 1.807) is 0 Å². The van der Waals surface area contributed by atoms with Crippen molar-refractivity contribution < 1.29 is 0 Å². The van der Waals surface area contributed by atoms with Gasteiger partial charge < -0.3 is 19.7 Å². The number of nitrogens with zero attached hydrogens (tertiary/aromatic N) is 3.